The second kappa shape index (κ2) is 5.47. The minimum absolute atomic E-state index is 0.0661. The fraction of sp³-hybridized carbons (Fsp3) is 0.250. The van der Waals surface area contributed by atoms with Crippen LogP contribution in [-0.4, -0.2) is 34.7 Å². The lowest BCUT2D eigenvalue weighted by Crippen LogP contribution is -2.14. The Morgan fingerprint density at radius 1 is 1.29 bits per heavy atom. The average molecular weight is 341 g/mol. The highest BCUT2D eigenvalue weighted by Gasteiger charge is 2.36. The van der Waals surface area contributed by atoms with Crippen LogP contribution in [0.2, 0.25) is 0 Å². The second-order valence-corrected chi connectivity index (χ2v) is 4.83. The van der Waals surface area contributed by atoms with Gasteiger partial charge in [-0.05, 0) is 6.92 Å². The van der Waals surface area contributed by atoms with Gasteiger partial charge in [-0.3, -0.25) is 4.79 Å². The molecule has 3 aromatic heterocycles. The topological polar surface area (TPSA) is 121 Å². The Labute approximate surface area is 131 Å². The molecule has 0 amide bonds. The van der Waals surface area contributed by atoms with E-state index in [0.29, 0.717) is 5.69 Å². The third kappa shape index (κ3) is 3.11. The number of aromatic hydroxyl groups is 1. The first-order valence-electron chi connectivity index (χ1n) is 6.57. The maximum Gasteiger partial charge on any atom is 0.453 e. The first kappa shape index (κ1) is 15.7. The standard InChI is InChI=1S/C12H10F3N7O2/c1-5-2-7(16-4-6-18-8(23)3-9(24)19-6)22-11(17-5)20-10(21-22)12(13,14)15/h2-3,16H,4H2,1H3,(H2,18,19,23,24). The highest BCUT2D eigenvalue weighted by molar-refractivity contribution is 5.45. The largest absolute Gasteiger partial charge is 0.493 e. The molecule has 0 aromatic carbocycles. The summed E-state index contributed by atoms with van der Waals surface area (Å²) in [5, 5.41) is 15.4. The molecule has 0 bridgehead atoms. The van der Waals surface area contributed by atoms with Gasteiger partial charge in [-0.2, -0.15) is 27.7 Å². The fourth-order valence-corrected chi connectivity index (χ4v) is 1.98. The predicted octanol–water partition coefficient (Wildman–Crippen LogP) is 0.853. The molecular formula is C12H10F3N7O2. The minimum atomic E-state index is -4.70. The molecule has 0 atom stereocenters. The van der Waals surface area contributed by atoms with Gasteiger partial charge in [0.05, 0.1) is 12.6 Å². The molecule has 0 saturated heterocycles. The zero-order chi connectivity index (χ0) is 17.5. The van der Waals surface area contributed by atoms with Gasteiger partial charge in [0.1, 0.15) is 11.6 Å². The van der Waals surface area contributed by atoms with Crippen LogP contribution in [0, 0.1) is 6.92 Å². The van der Waals surface area contributed by atoms with Crippen LogP contribution in [0.5, 0.6) is 5.88 Å². The van der Waals surface area contributed by atoms with Gasteiger partial charge >= 0.3 is 6.18 Å². The van der Waals surface area contributed by atoms with Gasteiger partial charge in [0.2, 0.25) is 5.88 Å². The van der Waals surface area contributed by atoms with Crippen molar-refractivity contribution in [3.8, 4) is 5.88 Å². The Bertz CT molecular complexity index is 963. The molecule has 9 nitrogen and oxygen atoms in total. The number of H-pyrrole nitrogens is 1. The van der Waals surface area contributed by atoms with Gasteiger partial charge in [0, 0.05) is 11.8 Å². The van der Waals surface area contributed by atoms with Crippen molar-refractivity contribution < 1.29 is 18.3 Å². The van der Waals surface area contributed by atoms with E-state index < -0.39 is 23.4 Å². The van der Waals surface area contributed by atoms with Crippen molar-refractivity contribution in [3.63, 3.8) is 0 Å². The Kier molecular flexibility index (Phi) is 3.58. The number of halogens is 3. The van der Waals surface area contributed by atoms with E-state index in [1.165, 1.54) is 6.07 Å². The molecule has 0 unspecified atom stereocenters. The normalized spacial score (nSPS) is 11.8. The zero-order valence-corrected chi connectivity index (χ0v) is 12.1. The number of anilines is 1. The van der Waals surface area contributed by atoms with Crippen LogP contribution in [0.15, 0.2) is 16.9 Å². The smallest absolute Gasteiger partial charge is 0.453 e. The van der Waals surface area contributed by atoms with Crippen LogP contribution in [0.1, 0.15) is 17.3 Å². The molecule has 0 aliphatic rings. The lowest BCUT2D eigenvalue weighted by molar-refractivity contribution is -0.144. The molecule has 3 rings (SSSR count). The molecule has 12 heteroatoms. The van der Waals surface area contributed by atoms with Crippen LogP contribution in [0.4, 0.5) is 19.0 Å². The van der Waals surface area contributed by atoms with E-state index in [-0.39, 0.29) is 24.0 Å². The molecule has 0 aliphatic heterocycles. The maximum absolute atomic E-state index is 12.7. The molecule has 3 heterocycles. The summed E-state index contributed by atoms with van der Waals surface area (Å²) >= 11 is 0. The lowest BCUT2D eigenvalue weighted by atomic mass is 10.4. The van der Waals surface area contributed by atoms with Gasteiger partial charge in [-0.15, -0.1) is 5.10 Å². The maximum atomic E-state index is 12.7. The number of aromatic nitrogens is 6. The highest BCUT2D eigenvalue weighted by Crippen LogP contribution is 2.27. The van der Waals surface area contributed by atoms with Crippen LogP contribution in [0.25, 0.3) is 5.78 Å². The van der Waals surface area contributed by atoms with Crippen LogP contribution in [0.3, 0.4) is 0 Å². The molecule has 0 aliphatic carbocycles. The van der Waals surface area contributed by atoms with Gasteiger partial charge < -0.3 is 15.4 Å². The predicted molar refractivity (Wildman–Crippen MR) is 74.4 cm³/mol. The number of fused-ring (bicyclic) bond motifs is 1. The van der Waals surface area contributed by atoms with Crippen molar-refractivity contribution >= 4 is 11.6 Å². The van der Waals surface area contributed by atoms with Gasteiger partial charge in [0.25, 0.3) is 17.2 Å². The molecule has 0 fully saturated rings. The molecule has 126 valence electrons. The summed E-state index contributed by atoms with van der Waals surface area (Å²) < 4.78 is 39.1. The van der Waals surface area contributed by atoms with Crippen molar-refractivity contribution in [3.05, 3.63) is 39.8 Å². The van der Waals surface area contributed by atoms with Crippen LogP contribution >= 0.6 is 0 Å². The SMILES string of the molecule is Cc1cc(NCc2nc(O)cc(=O)[nH]2)n2nc(C(F)(F)F)nc2n1. The van der Waals surface area contributed by atoms with E-state index in [1.54, 1.807) is 6.92 Å². The summed E-state index contributed by atoms with van der Waals surface area (Å²) in [6.45, 7) is 1.52. The van der Waals surface area contributed by atoms with Gasteiger partial charge in [-0.1, -0.05) is 0 Å². The number of alkyl halides is 3. The number of aryl methyl sites for hydroxylation is 1. The third-order valence-corrected chi connectivity index (χ3v) is 2.91. The number of rotatable bonds is 3. The van der Waals surface area contributed by atoms with E-state index in [4.69, 9.17) is 0 Å². The van der Waals surface area contributed by atoms with Crippen molar-refractivity contribution in [1.82, 2.24) is 29.5 Å². The quantitative estimate of drug-likeness (QED) is 0.646. The van der Waals surface area contributed by atoms with E-state index >= 15 is 0 Å². The zero-order valence-electron chi connectivity index (χ0n) is 12.1. The molecule has 0 saturated carbocycles. The number of nitrogens with one attached hydrogen (secondary N) is 2. The number of nitrogens with zero attached hydrogens (tertiary/aromatic N) is 5. The second-order valence-electron chi connectivity index (χ2n) is 4.83. The number of hydrogen-bond acceptors (Lipinski definition) is 7. The minimum Gasteiger partial charge on any atom is -0.493 e. The third-order valence-electron chi connectivity index (χ3n) is 2.91. The van der Waals surface area contributed by atoms with Crippen molar-refractivity contribution in [2.75, 3.05) is 5.32 Å². The fourth-order valence-electron chi connectivity index (χ4n) is 1.98. The Balaban J connectivity index is 1.96. The molecule has 3 aromatic rings. The molecule has 0 spiro atoms. The molecule has 0 radical (unpaired) electrons. The van der Waals surface area contributed by atoms with Crippen molar-refractivity contribution in [2.45, 2.75) is 19.6 Å². The first-order chi connectivity index (χ1) is 11.2. The summed E-state index contributed by atoms with van der Waals surface area (Å²) in [6.07, 6.45) is -4.70. The Hall–Kier alpha value is -3.18. The summed E-state index contributed by atoms with van der Waals surface area (Å²) in [6, 6.07) is 2.36. The van der Waals surface area contributed by atoms with Crippen LogP contribution in [-0.2, 0) is 12.7 Å². The van der Waals surface area contributed by atoms with Crippen molar-refractivity contribution in [1.29, 1.82) is 0 Å². The van der Waals surface area contributed by atoms with E-state index in [9.17, 15) is 23.1 Å². The average Bonchev–Trinajstić information content (AvgIpc) is 2.87. The number of aromatic amines is 1. The van der Waals surface area contributed by atoms with Gasteiger partial charge in [-0.25, -0.2) is 4.98 Å². The van der Waals surface area contributed by atoms with Crippen LogP contribution < -0.4 is 10.9 Å². The molecule has 24 heavy (non-hydrogen) atoms. The monoisotopic (exact) mass is 341 g/mol. The summed E-state index contributed by atoms with van der Waals surface area (Å²) in [4.78, 5) is 24.6. The lowest BCUT2D eigenvalue weighted by Gasteiger charge is -2.08. The molecule has 3 N–H and O–H groups in total. The Morgan fingerprint density at radius 2 is 2.04 bits per heavy atom. The summed E-state index contributed by atoms with van der Waals surface area (Å²) in [7, 11) is 0. The summed E-state index contributed by atoms with van der Waals surface area (Å²) in [5.74, 6) is -1.73. The van der Waals surface area contributed by atoms with E-state index in [1.807, 2.05) is 0 Å². The van der Waals surface area contributed by atoms with Gasteiger partial charge in [0.15, 0.2) is 0 Å². The van der Waals surface area contributed by atoms with E-state index in [0.717, 1.165) is 10.6 Å². The molecular weight excluding hydrogens is 331 g/mol. The van der Waals surface area contributed by atoms with E-state index in [2.05, 4.69) is 30.4 Å². The Morgan fingerprint density at radius 3 is 2.71 bits per heavy atom. The first-order valence-corrected chi connectivity index (χ1v) is 6.57. The number of hydrogen-bond donors (Lipinski definition) is 3. The van der Waals surface area contributed by atoms with Crippen molar-refractivity contribution in [2.24, 2.45) is 0 Å². The summed E-state index contributed by atoms with van der Waals surface area (Å²) in [5.41, 5.74) is -0.140. The highest BCUT2D eigenvalue weighted by atomic mass is 19.4.